The third-order valence-corrected chi connectivity index (χ3v) is 3.98. The van der Waals surface area contributed by atoms with Crippen molar-refractivity contribution in [1.29, 1.82) is 0 Å². The third-order valence-electron chi connectivity index (χ3n) is 3.98. The van der Waals surface area contributed by atoms with Crippen molar-refractivity contribution in [1.82, 2.24) is 15.0 Å². The molecule has 0 fully saturated rings. The first-order chi connectivity index (χ1) is 11.4. The second kappa shape index (κ2) is 7.72. The lowest BCUT2D eigenvalue weighted by molar-refractivity contribution is -0.139. The molecule has 0 radical (unpaired) electrons. The maximum Gasteiger partial charge on any atom is 0.326 e. The molecule has 7 heteroatoms. The van der Waals surface area contributed by atoms with E-state index in [-0.39, 0.29) is 11.5 Å². The number of nitrogens with zero attached hydrogens (tertiary/aromatic N) is 2. The molecular weight excluding hydrogens is 308 g/mol. The van der Waals surface area contributed by atoms with Crippen LogP contribution in [0.1, 0.15) is 32.9 Å². The lowest BCUT2D eigenvalue weighted by atomic mass is 9.99. The molecule has 0 bridgehead atoms. The van der Waals surface area contributed by atoms with Crippen LogP contribution < -0.4 is 10.9 Å². The van der Waals surface area contributed by atoms with Gasteiger partial charge in [-0.25, -0.2) is 14.8 Å². The minimum Gasteiger partial charge on any atom is -0.480 e. The summed E-state index contributed by atoms with van der Waals surface area (Å²) in [5.41, 5.74) is 1.17. The van der Waals surface area contributed by atoms with Crippen molar-refractivity contribution in [2.75, 3.05) is 5.32 Å². The van der Waals surface area contributed by atoms with E-state index >= 15 is 0 Å². The molecule has 2 aromatic rings. The van der Waals surface area contributed by atoms with Gasteiger partial charge in [-0.1, -0.05) is 27.2 Å². The Labute approximate surface area is 140 Å². The minimum absolute atomic E-state index is 0.0248. The number of aromatic amines is 1. The van der Waals surface area contributed by atoms with Crippen molar-refractivity contribution in [3.8, 4) is 11.4 Å². The number of carboxylic acids is 1. The number of aryl methyl sites for hydroxylation is 1. The number of nitrogens with one attached hydrogen (secondary N) is 2. The summed E-state index contributed by atoms with van der Waals surface area (Å²) in [6, 6.07) is 4.21. The van der Waals surface area contributed by atoms with Crippen LogP contribution in [0, 0.1) is 5.92 Å². The summed E-state index contributed by atoms with van der Waals surface area (Å²) in [5.74, 6) is -0.00402. The van der Waals surface area contributed by atoms with Gasteiger partial charge in [0, 0.05) is 23.5 Å². The normalized spacial score (nSPS) is 13.3. The molecule has 0 aliphatic carbocycles. The van der Waals surface area contributed by atoms with E-state index in [0.29, 0.717) is 29.3 Å². The zero-order chi connectivity index (χ0) is 17.7. The van der Waals surface area contributed by atoms with Gasteiger partial charge in [0.1, 0.15) is 17.7 Å². The van der Waals surface area contributed by atoms with Crippen LogP contribution in [-0.2, 0) is 11.2 Å². The highest BCUT2D eigenvalue weighted by Gasteiger charge is 2.23. The van der Waals surface area contributed by atoms with Gasteiger partial charge >= 0.3 is 5.97 Å². The standard InChI is InChI=1S/C17H22N4O3/c1-4-10(3)15(17(23)24)20-13-7-6-11(9-18-13)16-19-12(5-2)8-14(22)21-16/h6-10,15H,4-5H2,1-3H3,(H,18,20)(H,23,24)(H,19,21,22)/t10-,15-/m0/s1. The average molecular weight is 330 g/mol. The van der Waals surface area contributed by atoms with Gasteiger partial charge in [0.25, 0.3) is 5.56 Å². The fourth-order valence-electron chi connectivity index (χ4n) is 2.29. The molecule has 0 spiro atoms. The van der Waals surface area contributed by atoms with Crippen LogP contribution >= 0.6 is 0 Å². The number of carboxylic acid groups (broad SMARTS) is 1. The van der Waals surface area contributed by atoms with E-state index < -0.39 is 12.0 Å². The Morgan fingerprint density at radius 2 is 2.12 bits per heavy atom. The number of pyridine rings is 1. The van der Waals surface area contributed by atoms with Gasteiger partial charge in [0.05, 0.1) is 0 Å². The van der Waals surface area contributed by atoms with Crippen LogP contribution in [0.4, 0.5) is 5.82 Å². The number of hydrogen-bond donors (Lipinski definition) is 3. The molecule has 24 heavy (non-hydrogen) atoms. The maximum atomic E-state index is 11.6. The van der Waals surface area contributed by atoms with Crippen LogP contribution in [0.5, 0.6) is 0 Å². The largest absolute Gasteiger partial charge is 0.480 e. The van der Waals surface area contributed by atoms with E-state index in [0.717, 1.165) is 6.42 Å². The first kappa shape index (κ1) is 17.7. The number of aliphatic carboxylic acids is 1. The van der Waals surface area contributed by atoms with Crippen molar-refractivity contribution >= 4 is 11.8 Å². The molecule has 128 valence electrons. The molecule has 0 aliphatic heterocycles. The topological polar surface area (TPSA) is 108 Å². The first-order valence-electron chi connectivity index (χ1n) is 8.00. The maximum absolute atomic E-state index is 11.6. The van der Waals surface area contributed by atoms with Crippen LogP contribution in [0.3, 0.4) is 0 Å². The Kier molecular flexibility index (Phi) is 5.68. The van der Waals surface area contributed by atoms with Gasteiger partial charge < -0.3 is 15.4 Å². The summed E-state index contributed by atoms with van der Waals surface area (Å²) >= 11 is 0. The lowest BCUT2D eigenvalue weighted by Gasteiger charge is -2.20. The second-order valence-corrected chi connectivity index (χ2v) is 5.72. The monoisotopic (exact) mass is 330 g/mol. The predicted molar refractivity (Wildman–Crippen MR) is 92.0 cm³/mol. The van der Waals surface area contributed by atoms with Gasteiger partial charge in [0.2, 0.25) is 0 Å². The lowest BCUT2D eigenvalue weighted by Crippen LogP contribution is -2.35. The molecule has 7 nitrogen and oxygen atoms in total. The summed E-state index contributed by atoms with van der Waals surface area (Å²) < 4.78 is 0. The van der Waals surface area contributed by atoms with Gasteiger partial charge in [-0.05, 0) is 24.5 Å². The smallest absolute Gasteiger partial charge is 0.326 e. The van der Waals surface area contributed by atoms with Crippen molar-refractivity contribution < 1.29 is 9.90 Å². The van der Waals surface area contributed by atoms with Gasteiger partial charge in [-0.3, -0.25) is 4.79 Å². The van der Waals surface area contributed by atoms with Gasteiger partial charge in [-0.15, -0.1) is 0 Å². The molecule has 0 aliphatic rings. The SMILES string of the molecule is CCc1cc(=O)[nH]c(-c2ccc(N[C@H](C(=O)O)[C@@H](C)CC)nc2)n1. The summed E-state index contributed by atoms with van der Waals surface area (Å²) in [4.78, 5) is 34.3. The Hall–Kier alpha value is -2.70. The Bertz CT molecular complexity index is 755. The quantitative estimate of drug-likeness (QED) is 0.719. The van der Waals surface area contributed by atoms with Crippen LogP contribution in [0.15, 0.2) is 29.2 Å². The molecule has 0 saturated carbocycles. The van der Waals surface area contributed by atoms with E-state index in [1.165, 1.54) is 6.07 Å². The van der Waals surface area contributed by atoms with E-state index in [1.54, 1.807) is 18.3 Å². The van der Waals surface area contributed by atoms with Crippen molar-refractivity contribution in [2.45, 2.75) is 39.7 Å². The summed E-state index contributed by atoms with van der Waals surface area (Å²) in [7, 11) is 0. The number of anilines is 1. The highest BCUT2D eigenvalue weighted by molar-refractivity contribution is 5.77. The fourth-order valence-corrected chi connectivity index (χ4v) is 2.29. The van der Waals surface area contributed by atoms with Crippen LogP contribution in [0.25, 0.3) is 11.4 Å². The summed E-state index contributed by atoms with van der Waals surface area (Å²) in [5, 5.41) is 12.3. The molecule has 0 unspecified atom stereocenters. The third kappa shape index (κ3) is 4.18. The Morgan fingerprint density at radius 3 is 2.67 bits per heavy atom. The van der Waals surface area contributed by atoms with Crippen molar-refractivity contribution in [3.63, 3.8) is 0 Å². The number of rotatable bonds is 7. The van der Waals surface area contributed by atoms with E-state index in [4.69, 9.17) is 0 Å². The highest BCUT2D eigenvalue weighted by atomic mass is 16.4. The predicted octanol–water partition coefficient (Wildman–Crippen LogP) is 2.31. The number of aromatic nitrogens is 3. The molecule has 0 saturated heterocycles. The Morgan fingerprint density at radius 1 is 1.38 bits per heavy atom. The molecule has 2 rings (SSSR count). The molecule has 2 heterocycles. The average Bonchev–Trinajstić information content (AvgIpc) is 2.58. The summed E-state index contributed by atoms with van der Waals surface area (Å²) in [6.45, 7) is 5.75. The van der Waals surface area contributed by atoms with Crippen LogP contribution in [0.2, 0.25) is 0 Å². The zero-order valence-electron chi connectivity index (χ0n) is 14.0. The second-order valence-electron chi connectivity index (χ2n) is 5.72. The highest BCUT2D eigenvalue weighted by Crippen LogP contribution is 2.18. The van der Waals surface area contributed by atoms with Crippen LogP contribution in [-0.4, -0.2) is 32.1 Å². The molecule has 0 amide bonds. The molecule has 3 N–H and O–H groups in total. The molecule has 2 atom stereocenters. The molecule has 2 aromatic heterocycles. The first-order valence-corrected chi connectivity index (χ1v) is 8.00. The van der Waals surface area contributed by atoms with Gasteiger partial charge in [0.15, 0.2) is 0 Å². The van der Waals surface area contributed by atoms with E-state index in [1.807, 2.05) is 20.8 Å². The zero-order valence-corrected chi connectivity index (χ0v) is 14.0. The van der Waals surface area contributed by atoms with Crippen molar-refractivity contribution in [2.24, 2.45) is 5.92 Å². The van der Waals surface area contributed by atoms with Crippen molar-refractivity contribution in [3.05, 3.63) is 40.4 Å². The molecule has 0 aromatic carbocycles. The number of hydrogen-bond acceptors (Lipinski definition) is 5. The van der Waals surface area contributed by atoms with E-state index in [9.17, 15) is 14.7 Å². The van der Waals surface area contributed by atoms with Gasteiger partial charge in [-0.2, -0.15) is 0 Å². The van der Waals surface area contributed by atoms with E-state index in [2.05, 4.69) is 20.3 Å². The number of carbonyl (C=O) groups is 1. The molecular formula is C17H22N4O3. The minimum atomic E-state index is -0.906. The summed E-state index contributed by atoms with van der Waals surface area (Å²) in [6.07, 6.45) is 2.98. The Balaban J connectivity index is 2.23. The number of H-pyrrole nitrogens is 1. The fraction of sp³-hybridized carbons (Fsp3) is 0.412.